The van der Waals surface area contributed by atoms with Gasteiger partial charge in [-0.2, -0.15) is 0 Å². The van der Waals surface area contributed by atoms with E-state index in [0.717, 1.165) is 38.5 Å². The molecule has 1 unspecified atom stereocenters. The van der Waals surface area contributed by atoms with Crippen LogP contribution in [0.3, 0.4) is 0 Å². The average Bonchev–Trinajstić information content (AvgIpc) is 3.10. The van der Waals surface area contributed by atoms with Crippen LogP contribution >= 0.6 is 11.8 Å². The Bertz CT molecular complexity index is 1910. The summed E-state index contributed by atoms with van der Waals surface area (Å²) in [5.74, 6) is -0.981. The largest absolute Gasteiger partial charge is 0.378 e. The van der Waals surface area contributed by atoms with Crippen LogP contribution in [-0.2, 0) is 9.59 Å². The first kappa shape index (κ1) is 33.8. The number of carbonyl (C=O) groups excluding carboxylic acids is 3. The number of carbonyl (C=O) groups is 3. The third-order valence-electron chi connectivity index (χ3n) is 7.61. The highest BCUT2D eigenvalue weighted by molar-refractivity contribution is 8.00. The maximum atomic E-state index is 13.6. The van der Waals surface area contributed by atoms with Crippen molar-refractivity contribution in [2.75, 3.05) is 29.6 Å². The van der Waals surface area contributed by atoms with E-state index >= 15 is 0 Å². The van der Waals surface area contributed by atoms with Gasteiger partial charge in [-0.15, -0.1) is 11.8 Å². The molecule has 5 aromatic carbocycles. The van der Waals surface area contributed by atoms with E-state index in [4.69, 9.17) is 0 Å². The van der Waals surface area contributed by atoms with Crippen LogP contribution in [0, 0.1) is 13.8 Å². The Labute approximate surface area is 286 Å². The molecule has 3 N–H and O–H groups in total. The van der Waals surface area contributed by atoms with E-state index < -0.39 is 11.2 Å². The van der Waals surface area contributed by atoms with Crippen LogP contribution in [0.5, 0.6) is 0 Å². The Morgan fingerprint density at radius 2 is 1.38 bits per heavy atom. The van der Waals surface area contributed by atoms with Crippen LogP contribution in [0.25, 0.3) is 6.08 Å². The summed E-state index contributed by atoms with van der Waals surface area (Å²) in [6.45, 7) is 3.97. The monoisotopic (exact) mass is 654 g/mol. The van der Waals surface area contributed by atoms with Gasteiger partial charge in [-0.25, -0.2) is 0 Å². The summed E-state index contributed by atoms with van der Waals surface area (Å²) in [4.78, 5) is 43.1. The first-order valence-electron chi connectivity index (χ1n) is 15.5. The molecular formula is C40H38N4O3S. The van der Waals surface area contributed by atoms with E-state index in [1.165, 1.54) is 11.8 Å². The molecule has 8 heteroatoms. The smallest absolute Gasteiger partial charge is 0.272 e. The maximum Gasteiger partial charge on any atom is 0.272 e. The van der Waals surface area contributed by atoms with E-state index in [-0.39, 0.29) is 17.5 Å². The fraction of sp³-hybridized carbons (Fsp3) is 0.125. The molecule has 5 aromatic rings. The summed E-state index contributed by atoms with van der Waals surface area (Å²) in [7, 11) is 3.91. The highest BCUT2D eigenvalue weighted by atomic mass is 32.2. The number of hydrogen-bond donors (Lipinski definition) is 3. The lowest BCUT2D eigenvalue weighted by Crippen LogP contribution is -2.30. The number of amides is 3. The van der Waals surface area contributed by atoms with E-state index in [0.29, 0.717) is 11.3 Å². The molecule has 0 spiro atoms. The van der Waals surface area contributed by atoms with Crippen molar-refractivity contribution >= 4 is 52.6 Å². The fourth-order valence-corrected chi connectivity index (χ4v) is 5.92. The molecule has 48 heavy (non-hydrogen) atoms. The van der Waals surface area contributed by atoms with Crippen LogP contribution in [0.4, 0.5) is 17.1 Å². The van der Waals surface area contributed by atoms with Crippen molar-refractivity contribution in [3.05, 3.63) is 161 Å². The van der Waals surface area contributed by atoms with Crippen LogP contribution < -0.4 is 20.9 Å². The summed E-state index contributed by atoms with van der Waals surface area (Å²) in [6, 6.07) is 39.4. The standard InChI is InChI=1S/C40H38N4O3S/c1-27-15-16-28(2)35(25-27)42-40(47)37(30-11-7-5-8-12-30)48-34-23-19-32(20-24-34)41-39(46)36(43-38(45)31-13-9-6-10-14-31)26-29-17-21-33(22-18-29)44(3)4/h5-26,37H,1-4H3,(H,41,46)(H,42,47)(H,43,45)/b36-26-. The van der Waals surface area contributed by atoms with Gasteiger partial charge in [0.15, 0.2) is 0 Å². The van der Waals surface area contributed by atoms with Gasteiger partial charge in [0.25, 0.3) is 11.8 Å². The summed E-state index contributed by atoms with van der Waals surface area (Å²) in [5, 5.41) is 8.30. The topological polar surface area (TPSA) is 90.5 Å². The second-order valence-corrected chi connectivity index (χ2v) is 12.7. The molecule has 0 saturated heterocycles. The molecule has 242 valence electrons. The number of benzene rings is 5. The maximum absolute atomic E-state index is 13.6. The quantitative estimate of drug-likeness (QED) is 0.0986. The van der Waals surface area contributed by atoms with Gasteiger partial charge >= 0.3 is 0 Å². The van der Waals surface area contributed by atoms with E-state index in [1.54, 1.807) is 42.5 Å². The first-order chi connectivity index (χ1) is 23.2. The lowest BCUT2D eigenvalue weighted by Gasteiger charge is -2.18. The van der Waals surface area contributed by atoms with Crippen LogP contribution in [0.1, 0.15) is 37.9 Å². The molecule has 0 bridgehead atoms. The van der Waals surface area contributed by atoms with E-state index in [9.17, 15) is 14.4 Å². The minimum Gasteiger partial charge on any atom is -0.378 e. The van der Waals surface area contributed by atoms with Crippen LogP contribution in [-0.4, -0.2) is 31.8 Å². The number of nitrogens with one attached hydrogen (secondary N) is 3. The minimum absolute atomic E-state index is 0.104. The van der Waals surface area contributed by atoms with Crippen molar-refractivity contribution in [1.82, 2.24) is 5.32 Å². The second kappa shape index (κ2) is 15.8. The molecule has 0 radical (unpaired) electrons. The second-order valence-electron chi connectivity index (χ2n) is 11.6. The summed E-state index contributed by atoms with van der Waals surface area (Å²) in [6.07, 6.45) is 1.65. The van der Waals surface area contributed by atoms with Gasteiger partial charge in [-0.1, -0.05) is 72.8 Å². The molecule has 1 atom stereocenters. The minimum atomic E-state index is -0.506. The van der Waals surface area contributed by atoms with Gasteiger partial charge in [-0.05, 0) is 96.8 Å². The molecule has 0 saturated carbocycles. The SMILES string of the molecule is Cc1ccc(C)c(NC(=O)C(Sc2ccc(NC(=O)/C(=C/c3ccc(N(C)C)cc3)NC(=O)c3ccccc3)cc2)c2ccccc2)c1. The lowest BCUT2D eigenvalue weighted by molar-refractivity contribution is -0.116. The van der Waals surface area contributed by atoms with E-state index in [1.807, 2.05) is 124 Å². The molecule has 7 nitrogen and oxygen atoms in total. The van der Waals surface area contributed by atoms with Gasteiger partial charge in [0, 0.05) is 41.6 Å². The number of thioether (sulfide) groups is 1. The van der Waals surface area contributed by atoms with Gasteiger partial charge in [-0.3, -0.25) is 14.4 Å². The van der Waals surface area contributed by atoms with Gasteiger partial charge in [0.2, 0.25) is 5.91 Å². The first-order valence-corrected chi connectivity index (χ1v) is 16.4. The molecule has 0 aliphatic carbocycles. The number of hydrogen-bond acceptors (Lipinski definition) is 5. The Kier molecular flexibility index (Phi) is 11.1. The van der Waals surface area contributed by atoms with Crippen molar-refractivity contribution in [2.45, 2.75) is 24.0 Å². The lowest BCUT2D eigenvalue weighted by atomic mass is 10.1. The molecule has 0 aliphatic rings. The van der Waals surface area contributed by atoms with Crippen LogP contribution in [0.15, 0.2) is 138 Å². The van der Waals surface area contributed by atoms with Crippen molar-refractivity contribution in [3.63, 3.8) is 0 Å². The number of nitrogens with zero attached hydrogens (tertiary/aromatic N) is 1. The van der Waals surface area contributed by atoms with Crippen molar-refractivity contribution in [2.24, 2.45) is 0 Å². The Balaban J connectivity index is 1.34. The Morgan fingerprint density at radius 3 is 2.02 bits per heavy atom. The number of aryl methyl sites for hydroxylation is 2. The molecule has 5 rings (SSSR count). The van der Waals surface area contributed by atoms with Gasteiger partial charge < -0.3 is 20.9 Å². The highest BCUT2D eigenvalue weighted by Gasteiger charge is 2.23. The summed E-state index contributed by atoms with van der Waals surface area (Å²) in [5.41, 5.74) is 6.59. The van der Waals surface area contributed by atoms with Gasteiger partial charge in [0.05, 0.1) is 0 Å². The number of rotatable bonds is 11. The highest BCUT2D eigenvalue weighted by Crippen LogP contribution is 2.37. The Hall–Kier alpha value is -5.60. The third kappa shape index (κ3) is 9.02. The fourth-order valence-electron chi connectivity index (χ4n) is 4.90. The van der Waals surface area contributed by atoms with E-state index in [2.05, 4.69) is 16.0 Å². The molecule has 0 fully saturated rings. The molecule has 0 aromatic heterocycles. The van der Waals surface area contributed by atoms with Crippen molar-refractivity contribution < 1.29 is 14.4 Å². The van der Waals surface area contributed by atoms with Gasteiger partial charge in [0.1, 0.15) is 10.9 Å². The third-order valence-corrected chi connectivity index (χ3v) is 8.87. The zero-order valence-corrected chi connectivity index (χ0v) is 28.2. The van der Waals surface area contributed by atoms with Crippen molar-refractivity contribution in [1.29, 1.82) is 0 Å². The predicted molar refractivity (Wildman–Crippen MR) is 197 cm³/mol. The summed E-state index contributed by atoms with van der Waals surface area (Å²) >= 11 is 1.43. The average molecular weight is 655 g/mol. The molecule has 3 amide bonds. The molecule has 0 aliphatic heterocycles. The zero-order chi connectivity index (χ0) is 34.0. The zero-order valence-electron chi connectivity index (χ0n) is 27.4. The molecule has 0 heterocycles. The molecular weight excluding hydrogens is 617 g/mol. The number of anilines is 3. The predicted octanol–water partition coefficient (Wildman–Crippen LogP) is 8.25. The van der Waals surface area contributed by atoms with Crippen LogP contribution in [0.2, 0.25) is 0 Å². The summed E-state index contributed by atoms with van der Waals surface area (Å²) < 4.78 is 0. The van der Waals surface area contributed by atoms with Crippen molar-refractivity contribution in [3.8, 4) is 0 Å². The normalized spacial score (nSPS) is 11.7. The Morgan fingerprint density at radius 1 is 0.729 bits per heavy atom.